The average Bonchev–Trinajstić information content (AvgIpc) is 3.04. The number of methoxy groups -OCH3 is 2. The lowest BCUT2D eigenvalue weighted by atomic mass is 10.0. The van der Waals surface area contributed by atoms with E-state index in [2.05, 4.69) is 57.0 Å². The van der Waals surface area contributed by atoms with Gasteiger partial charge in [-0.15, -0.1) is 0 Å². The third-order valence-electron chi connectivity index (χ3n) is 6.06. The number of para-hydroxylation sites is 3. The number of ether oxygens (including phenoxy) is 2. The highest BCUT2D eigenvalue weighted by Crippen LogP contribution is 2.33. The van der Waals surface area contributed by atoms with Gasteiger partial charge in [-0.3, -0.25) is 5.32 Å². The molecule has 5 nitrogen and oxygen atoms in total. The van der Waals surface area contributed by atoms with Gasteiger partial charge in [0.2, 0.25) is 0 Å². The molecular formula is C27H28N3O2+. The molecule has 0 spiro atoms. The normalized spacial score (nSPS) is 13.1. The molecule has 0 saturated heterocycles. The van der Waals surface area contributed by atoms with Crippen LogP contribution in [0.25, 0.3) is 28.1 Å². The van der Waals surface area contributed by atoms with E-state index in [0.717, 1.165) is 60.2 Å². The third kappa shape index (κ3) is 3.60. The van der Waals surface area contributed by atoms with Crippen LogP contribution in [0.3, 0.4) is 0 Å². The van der Waals surface area contributed by atoms with Crippen LogP contribution in [0, 0.1) is 0 Å². The molecule has 0 aliphatic carbocycles. The first kappa shape index (κ1) is 20.2. The SMILES string of the molecule is COc1ccccc1-c1ccc(-c2c[n+](-c3ccccc3OC)c3n2CCCCN3)cc1. The molecule has 1 N–H and O–H groups in total. The molecule has 0 saturated carbocycles. The molecule has 5 rings (SSSR count). The summed E-state index contributed by atoms with van der Waals surface area (Å²) in [5.41, 5.74) is 5.64. The van der Waals surface area contributed by atoms with Crippen molar-refractivity contribution in [2.45, 2.75) is 19.4 Å². The van der Waals surface area contributed by atoms with Gasteiger partial charge >= 0.3 is 5.95 Å². The fourth-order valence-electron chi connectivity index (χ4n) is 4.45. The second-order valence-corrected chi connectivity index (χ2v) is 7.94. The van der Waals surface area contributed by atoms with Gasteiger partial charge in [-0.25, -0.2) is 4.57 Å². The number of nitrogens with one attached hydrogen (secondary N) is 1. The van der Waals surface area contributed by atoms with Crippen molar-refractivity contribution in [3.8, 4) is 39.6 Å². The van der Waals surface area contributed by atoms with Gasteiger partial charge in [-0.1, -0.05) is 54.6 Å². The lowest BCUT2D eigenvalue weighted by Crippen LogP contribution is -2.33. The predicted octanol–water partition coefficient (Wildman–Crippen LogP) is 5.32. The molecule has 0 atom stereocenters. The molecular weight excluding hydrogens is 398 g/mol. The Kier molecular flexibility index (Phi) is 5.55. The summed E-state index contributed by atoms with van der Waals surface area (Å²) in [5.74, 6) is 2.83. The zero-order chi connectivity index (χ0) is 21.9. The van der Waals surface area contributed by atoms with Crippen LogP contribution in [0.1, 0.15) is 12.8 Å². The first-order chi connectivity index (χ1) is 15.8. The van der Waals surface area contributed by atoms with E-state index in [1.165, 1.54) is 11.3 Å². The first-order valence-electron chi connectivity index (χ1n) is 11.1. The smallest absolute Gasteiger partial charge is 0.363 e. The molecule has 0 radical (unpaired) electrons. The van der Waals surface area contributed by atoms with E-state index >= 15 is 0 Å². The van der Waals surface area contributed by atoms with Crippen molar-refractivity contribution >= 4 is 5.95 Å². The van der Waals surface area contributed by atoms with Gasteiger partial charge in [0.1, 0.15) is 23.3 Å². The minimum absolute atomic E-state index is 0.856. The summed E-state index contributed by atoms with van der Waals surface area (Å²) in [6, 6.07) is 25.0. The Hall–Kier alpha value is -3.73. The van der Waals surface area contributed by atoms with E-state index in [-0.39, 0.29) is 0 Å². The second-order valence-electron chi connectivity index (χ2n) is 7.94. The molecule has 1 aliphatic rings. The molecule has 0 amide bonds. The summed E-state index contributed by atoms with van der Waals surface area (Å²) in [6.07, 6.45) is 4.51. The third-order valence-corrected chi connectivity index (χ3v) is 6.06. The van der Waals surface area contributed by atoms with Gasteiger partial charge in [-0.2, -0.15) is 4.57 Å². The number of hydrogen-bond donors (Lipinski definition) is 1. The molecule has 0 bridgehead atoms. The van der Waals surface area contributed by atoms with E-state index in [1.807, 2.05) is 36.4 Å². The van der Waals surface area contributed by atoms with E-state index < -0.39 is 0 Å². The minimum atomic E-state index is 0.856. The Morgan fingerprint density at radius 1 is 0.781 bits per heavy atom. The maximum Gasteiger partial charge on any atom is 0.363 e. The fourth-order valence-corrected chi connectivity index (χ4v) is 4.45. The van der Waals surface area contributed by atoms with E-state index in [4.69, 9.17) is 9.47 Å². The highest BCUT2D eigenvalue weighted by molar-refractivity contribution is 5.73. The van der Waals surface area contributed by atoms with Crippen LogP contribution >= 0.6 is 0 Å². The van der Waals surface area contributed by atoms with Crippen molar-refractivity contribution in [2.24, 2.45) is 0 Å². The predicted molar refractivity (Wildman–Crippen MR) is 128 cm³/mol. The summed E-state index contributed by atoms with van der Waals surface area (Å²) in [7, 11) is 3.44. The number of benzene rings is 3. The van der Waals surface area contributed by atoms with Crippen LogP contribution in [0.5, 0.6) is 11.5 Å². The van der Waals surface area contributed by atoms with E-state index in [0.29, 0.717) is 0 Å². The summed E-state index contributed by atoms with van der Waals surface area (Å²) in [6.45, 7) is 1.94. The van der Waals surface area contributed by atoms with Gasteiger partial charge in [0.05, 0.1) is 27.3 Å². The molecule has 0 fully saturated rings. The average molecular weight is 427 g/mol. The van der Waals surface area contributed by atoms with Crippen LogP contribution in [0.2, 0.25) is 0 Å². The summed E-state index contributed by atoms with van der Waals surface area (Å²) in [4.78, 5) is 0. The monoisotopic (exact) mass is 426 g/mol. The second kappa shape index (κ2) is 8.79. The molecule has 162 valence electrons. The van der Waals surface area contributed by atoms with Crippen LogP contribution < -0.4 is 19.4 Å². The molecule has 2 heterocycles. The molecule has 4 aromatic rings. The molecule has 1 aromatic heterocycles. The number of rotatable bonds is 5. The number of hydrogen-bond acceptors (Lipinski definition) is 3. The minimum Gasteiger partial charge on any atom is -0.496 e. The molecule has 3 aromatic carbocycles. The van der Waals surface area contributed by atoms with Gasteiger partial charge in [-0.05, 0) is 36.6 Å². The quantitative estimate of drug-likeness (QED) is 0.439. The lowest BCUT2D eigenvalue weighted by Gasteiger charge is -2.09. The largest absolute Gasteiger partial charge is 0.496 e. The van der Waals surface area contributed by atoms with Crippen molar-refractivity contribution in [3.63, 3.8) is 0 Å². The highest BCUT2D eigenvalue weighted by atomic mass is 16.5. The Balaban J connectivity index is 1.60. The lowest BCUT2D eigenvalue weighted by molar-refractivity contribution is -0.579. The zero-order valence-electron chi connectivity index (χ0n) is 18.5. The maximum absolute atomic E-state index is 5.65. The number of nitrogens with zero attached hydrogens (tertiary/aromatic N) is 2. The van der Waals surface area contributed by atoms with Crippen molar-refractivity contribution in [3.05, 3.63) is 79.0 Å². The topological polar surface area (TPSA) is 39.3 Å². The maximum atomic E-state index is 5.65. The number of anilines is 1. The van der Waals surface area contributed by atoms with Crippen LogP contribution in [0.15, 0.2) is 79.0 Å². The van der Waals surface area contributed by atoms with Crippen molar-refractivity contribution in [1.29, 1.82) is 0 Å². The molecule has 32 heavy (non-hydrogen) atoms. The van der Waals surface area contributed by atoms with Gasteiger partial charge < -0.3 is 9.47 Å². The van der Waals surface area contributed by atoms with Gasteiger partial charge in [0.25, 0.3) is 0 Å². The summed E-state index contributed by atoms with van der Waals surface area (Å²) >= 11 is 0. The van der Waals surface area contributed by atoms with Crippen molar-refractivity contribution < 1.29 is 14.0 Å². The van der Waals surface area contributed by atoms with Crippen LogP contribution in [0.4, 0.5) is 5.95 Å². The standard InChI is InChI=1S/C27H27N3O2/c1-31-25-11-5-3-9-22(25)20-13-15-21(16-14-20)24-19-30(23-10-4-6-12-26(23)32-2)27-28-17-7-8-18-29(24)27/h3-6,9-16,19H,7-8,17-18H2,1-2H3/p+1. The number of aromatic nitrogens is 2. The Bertz CT molecular complexity index is 1230. The molecule has 0 unspecified atom stereocenters. The highest BCUT2D eigenvalue weighted by Gasteiger charge is 2.27. The Morgan fingerprint density at radius 3 is 2.25 bits per heavy atom. The van der Waals surface area contributed by atoms with E-state index in [9.17, 15) is 0 Å². The van der Waals surface area contributed by atoms with Crippen LogP contribution in [-0.2, 0) is 6.54 Å². The first-order valence-corrected chi connectivity index (χ1v) is 11.1. The zero-order valence-corrected chi connectivity index (χ0v) is 18.5. The van der Waals surface area contributed by atoms with Crippen molar-refractivity contribution in [2.75, 3.05) is 26.1 Å². The Labute approximate surface area is 188 Å². The summed E-state index contributed by atoms with van der Waals surface area (Å²) in [5, 5.41) is 3.64. The molecule has 1 aliphatic heterocycles. The van der Waals surface area contributed by atoms with Crippen LogP contribution in [-0.4, -0.2) is 25.3 Å². The van der Waals surface area contributed by atoms with E-state index in [1.54, 1.807) is 14.2 Å². The van der Waals surface area contributed by atoms with Gasteiger partial charge in [0, 0.05) is 11.1 Å². The summed E-state index contributed by atoms with van der Waals surface area (Å²) < 4.78 is 15.8. The molecule has 5 heteroatoms. The van der Waals surface area contributed by atoms with Gasteiger partial charge in [0.15, 0.2) is 5.75 Å². The van der Waals surface area contributed by atoms with Crippen molar-refractivity contribution in [1.82, 2.24) is 4.57 Å². The number of fused-ring (bicyclic) bond motifs is 1. The Morgan fingerprint density at radius 2 is 1.47 bits per heavy atom. The fraction of sp³-hybridized carbons (Fsp3) is 0.222. The number of imidazole rings is 1.